The number of alkyl halides is 6. The van der Waals surface area contributed by atoms with Crippen LogP contribution in [0.25, 0.3) is 0 Å². The van der Waals surface area contributed by atoms with E-state index in [9.17, 15) is 55.1 Å². The van der Waals surface area contributed by atoms with Crippen LogP contribution in [0.1, 0.15) is 30.7 Å². The zero-order valence-corrected chi connectivity index (χ0v) is 25.3. The maximum Gasteiger partial charge on any atom is 0.430 e. The largest absolute Gasteiger partial charge is 0.430 e. The molecule has 3 fully saturated rings. The number of nitrogens with zero attached hydrogens (tertiary/aromatic N) is 5. The summed E-state index contributed by atoms with van der Waals surface area (Å²) in [5, 5.41) is 34.7. The molecule has 13 nitrogen and oxygen atoms in total. The molecular weight excluding hydrogens is 674 g/mol. The number of aliphatic hydroxyl groups is 2. The Morgan fingerprint density at radius 2 is 1.72 bits per heavy atom. The zero-order valence-electron chi connectivity index (χ0n) is 23.7. The lowest BCUT2D eigenvalue weighted by atomic mass is 9.87. The summed E-state index contributed by atoms with van der Waals surface area (Å²) in [5.41, 5.74) is -9.14. The molecule has 4 aliphatic rings. The van der Waals surface area contributed by atoms with Crippen LogP contribution in [0.4, 0.5) is 26.3 Å². The monoisotopic (exact) mass is 702 g/mol. The van der Waals surface area contributed by atoms with Gasteiger partial charge in [0.2, 0.25) is 10.0 Å². The molecule has 2 unspecified atom stereocenters. The zero-order chi connectivity index (χ0) is 33.9. The van der Waals surface area contributed by atoms with Gasteiger partial charge in [-0.05, 0) is 18.9 Å². The summed E-state index contributed by atoms with van der Waals surface area (Å²) < 4.78 is 116. The number of hydrogen-bond acceptors (Lipinski definition) is 12. The number of nitrogens with one attached hydrogen (secondary N) is 1. The van der Waals surface area contributed by atoms with Crippen LogP contribution < -0.4 is 5.32 Å². The molecule has 21 heteroatoms. The van der Waals surface area contributed by atoms with E-state index in [4.69, 9.17) is 17.0 Å². The fourth-order valence-electron chi connectivity index (χ4n) is 6.22. The number of piperazine rings is 1. The molecule has 254 valence electrons. The first-order chi connectivity index (χ1) is 21.3. The normalized spacial score (nSPS) is 28.9. The Labute approximate surface area is 263 Å². The Balaban J connectivity index is 1.57. The molecular formula is C25H28F6N6O7S2. The minimum absolute atomic E-state index is 0.0920. The van der Waals surface area contributed by atoms with Gasteiger partial charge in [-0.15, -0.1) is 0 Å². The molecule has 0 saturated carbocycles. The van der Waals surface area contributed by atoms with Gasteiger partial charge in [0.25, 0.3) is 11.3 Å². The maximum atomic E-state index is 13.9. The van der Waals surface area contributed by atoms with Crippen LogP contribution in [-0.2, 0) is 25.9 Å². The minimum Gasteiger partial charge on any atom is -0.393 e. The van der Waals surface area contributed by atoms with Crippen molar-refractivity contribution >= 4 is 27.1 Å². The molecule has 1 aromatic heterocycles. The number of rotatable bonds is 7. The summed E-state index contributed by atoms with van der Waals surface area (Å²) in [6, 6.07) is -0.760. The summed E-state index contributed by atoms with van der Waals surface area (Å²) in [5.74, 6) is -0.376. The highest BCUT2D eigenvalue weighted by Gasteiger charge is 2.72. The number of morpholine rings is 1. The fourth-order valence-corrected chi connectivity index (χ4v) is 8.32. The topological polar surface area (TPSA) is 171 Å². The first-order valence-corrected chi connectivity index (χ1v) is 15.7. The third-order valence-corrected chi connectivity index (χ3v) is 11.0. The van der Waals surface area contributed by atoms with E-state index in [-0.39, 0.29) is 87.3 Å². The van der Waals surface area contributed by atoms with E-state index in [1.54, 1.807) is 0 Å². The third-order valence-electron chi connectivity index (χ3n) is 8.57. The highest BCUT2D eigenvalue weighted by molar-refractivity contribution is 7.96. The number of sulfonamides is 1. The number of aromatic nitrogens is 2. The Bertz CT molecular complexity index is 1530. The number of ether oxygens (including phenoxy) is 1. The molecule has 4 heterocycles. The van der Waals surface area contributed by atoms with Gasteiger partial charge in [0, 0.05) is 73.6 Å². The van der Waals surface area contributed by atoms with Gasteiger partial charge >= 0.3 is 12.4 Å². The summed E-state index contributed by atoms with van der Waals surface area (Å²) >= 11 is 5.20. The molecule has 0 radical (unpaired) electrons. The predicted octanol–water partition coefficient (Wildman–Crippen LogP) is 1.26. The van der Waals surface area contributed by atoms with Crippen molar-refractivity contribution < 1.29 is 54.6 Å². The number of allylic oxidation sites excluding steroid dienone is 3. The molecule has 0 aromatic carbocycles. The highest BCUT2D eigenvalue weighted by atomic mass is 32.2. The van der Waals surface area contributed by atoms with E-state index < -0.39 is 67.3 Å². The standard InChI is InChI=1S/C25H28F6N6O7S2/c26-24(27,28)23(39,25(29,30)31)14-8-32-21(33-9-14)22(13-36-16-5-18(38)6-17(36)11-44-10-16)12-35(4-3-34-22)46(42,43)20-7-15(37(40)41)1-2-19(20)45/h1,7-9,16-18,34,38-39H,2-6,10-13H2/t16?,17?,18?,22-/m1/s1. The molecule has 3 atom stereocenters. The number of hydrogen-bond donors (Lipinski definition) is 3. The Morgan fingerprint density at radius 3 is 2.26 bits per heavy atom. The molecule has 46 heavy (non-hydrogen) atoms. The van der Waals surface area contributed by atoms with Crippen molar-refractivity contribution in [3.63, 3.8) is 0 Å². The number of piperidine rings is 1. The van der Waals surface area contributed by atoms with Crippen molar-refractivity contribution in [2.24, 2.45) is 0 Å². The van der Waals surface area contributed by atoms with Crippen LogP contribution in [0.2, 0.25) is 0 Å². The lowest BCUT2D eigenvalue weighted by molar-refractivity contribution is -0.419. The molecule has 3 N–H and O–H groups in total. The average molecular weight is 703 g/mol. The van der Waals surface area contributed by atoms with E-state index in [2.05, 4.69) is 15.3 Å². The number of aliphatic hydroxyl groups excluding tert-OH is 1. The average Bonchev–Trinajstić information content (AvgIpc) is 2.96. The van der Waals surface area contributed by atoms with Gasteiger partial charge in [0.1, 0.15) is 10.4 Å². The highest BCUT2D eigenvalue weighted by Crippen LogP contribution is 2.50. The molecule has 2 bridgehead atoms. The second kappa shape index (κ2) is 12.1. The van der Waals surface area contributed by atoms with E-state index in [1.165, 1.54) is 0 Å². The maximum absolute atomic E-state index is 13.9. The van der Waals surface area contributed by atoms with Gasteiger partial charge in [-0.25, -0.2) is 18.4 Å². The lowest BCUT2D eigenvalue weighted by Gasteiger charge is -2.52. The van der Waals surface area contributed by atoms with Crippen LogP contribution >= 0.6 is 12.2 Å². The van der Waals surface area contributed by atoms with Gasteiger partial charge in [-0.3, -0.25) is 15.0 Å². The van der Waals surface area contributed by atoms with Gasteiger partial charge in [0.15, 0.2) is 5.82 Å². The van der Waals surface area contributed by atoms with Crippen molar-refractivity contribution in [3.8, 4) is 0 Å². The molecule has 1 aromatic rings. The van der Waals surface area contributed by atoms with E-state index in [1.807, 2.05) is 4.90 Å². The summed E-state index contributed by atoms with van der Waals surface area (Å²) in [6.45, 7) is -0.528. The van der Waals surface area contributed by atoms with Gasteiger partial charge in [0.05, 0.1) is 24.2 Å². The van der Waals surface area contributed by atoms with Crippen molar-refractivity contribution in [2.45, 2.75) is 60.9 Å². The first-order valence-electron chi connectivity index (χ1n) is 13.8. The molecule has 0 spiro atoms. The molecule has 5 rings (SSSR count). The van der Waals surface area contributed by atoms with Crippen LogP contribution in [0, 0.1) is 10.1 Å². The quantitative estimate of drug-likeness (QED) is 0.161. The Kier molecular flexibility index (Phi) is 9.12. The summed E-state index contributed by atoms with van der Waals surface area (Å²) in [6.07, 6.45) is -10.3. The molecule has 3 saturated heterocycles. The summed E-state index contributed by atoms with van der Waals surface area (Å²) in [4.78, 5) is 19.6. The van der Waals surface area contributed by atoms with Crippen molar-refractivity contribution in [1.29, 1.82) is 0 Å². The lowest BCUT2D eigenvalue weighted by Crippen LogP contribution is -2.68. The first kappa shape index (κ1) is 34.7. The van der Waals surface area contributed by atoms with Gasteiger partial charge in [-0.2, -0.15) is 30.6 Å². The second-order valence-corrected chi connectivity index (χ2v) is 13.9. The fraction of sp³-hybridized carbons (Fsp3) is 0.640. The van der Waals surface area contributed by atoms with E-state index in [0.717, 1.165) is 16.5 Å². The van der Waals surface area contributed by atoms with Crippen molar-refractivity contribution in [2.75, 3.05) is 39.4 Å². The second-order valence-electron chi connectivity index (χ2n) is 11.5. The SMILES string of the molecule is O=[N+]([O-])C1=CCC(=S)C(S(=O)(=O)N2CCN[C@](CN3C4COCC3CC(O)C4)(c3ncc(C(O)(C(F)(F)F)C(F)(F)F)cn3)C2)=C1. The molecule has 3 aliphatic heterocycles. The Morgan fingerprint density at radius 1 is 1.13 bits per heavy atom. The van der Waals surface area contributed by atoms with E-state index >= 15 is 0 Å². The number of thiocarbonyl (C=S) groups is 1. The Hall–Kier alpha value is -2.66. The van der Waals surface area contributed by atoms with Crippen molar-refractivity contribution in [3.05, 3.63) is 56.7 Å². The van der Waals surface area contributed by atoms with Crippen LogP contribution in [0.5, 0.6) is 0 Å². The molecule has 0 amide bonds. The molecule has 1 aliphatic carbocycles. The van der Waals surface area contributed by atoms with Crippen LogP contribution in [0.3, 0.4) is 0 Å². The minimum atomic E-state index is -6.18. The van der Waals surface area contributed by atoms with Crippen LogP contribution in [0.15, 0.2) is 35.1 Å². The van der Waals surface area contributed by atoms with E-state index in [0.29, 0.717) is 0 Å². The number of halogens is 6. The van der Waals surface area contributed by atoms with Gasteiger partial charge < -0.3 is 20.3 Å². The van der Waals surface area contributed by atoms with Crippen molar-refractivity contribution in [1.82, 2.24) is 24.5 Å². The number of nitro groups is 1. The predicted molar refractivity (Wildman–Crippen MR) is 149 cm³/mol. The van der Waals surface area contributed by atoms with Crippen LogP contribution in [-0.4, -0.2) is 118 Å². The number of fused-ring (bicyclic) bond motifs is 2. The van der Waals surface area contributed by atoms with Gasteiger partial charge in [-0.1, -0.05) is 12.2 Å². The smallest absolute Gasteiger partial charge is 0.393 e. The summed E-state index contributed by atoms with van der Waals surface area (Å²) in [7, 11) is -4.53. The third kappa shape index (κ3) is 6.06.